The predicted octanol–water partition coefficient (Wildman–Crippen LogP) is 4.07. The fourth-order valence-electron chi connectivity index (χ4n) is 2.94. The van der Waals surface area contributed by atoms with Gasteiger partial charge in [0.25, 0.3) is 0 Å². The molecule has 0 fully saturated rings. The van der Waals surface area contributed by atoms with Crippen LogP contribution in [-0.2, 0) is 20.7 Å². The lowest BCUT2D eigenvalue weighted by Crippen LogP contribution is -2.26. The van der Waals surface area contributed by atoms with Crippen LogP contribution >= 0.6 is 11.8 Å². The summed E-state index contributed by atoms with van der Waals surface area (Å²) in [4.78, 5) is 28.6. The lowest BCUT2D eigenvalue weighted by atomic mass is 10.1. The highest BCUT2D eigenvalue weighted by atomic mass is 32.2. The van der Waals surface area contributed by atoms with Crippen LogP contribution in [-0.4, -0.2) is 36.3 Å². The summed E-state index contributed by atoms with van der Waals surface area (Å²) in [7, 11) is 1.36. The number of methoxy groups -OCH3 is 1. The van der Waals surface area contributed by atoms with Crippen molar-refractivity contribution in [2.45, 2.75) is 19.3 Å². The first kappa shape index (κ1) is 21.6. The second kappa shape index (κ2) is 11.2. The molecule has 0 bridgehead atoms. The molecule has 6 nitrogen and oxygen atoms in total. The van der Waals surface area contributed by atoms with Crippen molar-refractivity contribution >= 4 is 40.1 Å². The van der Waals surface area contributed by atoms with Crippen LogP contribution in [0.1, 0.15) is 18.4 Å². The number of carbonyl (C=O) groups excluding carboxylic acids is 2. The average molecular weight is 424 g/mol. The maximum atomic E-state index is 12.2. The average Bonchev–Trinajstić information content (AvgIpc) is 2.94. The number of para-hydroxylation sites is 2. The Labute approximate surface area is 180 Å². The Hall–Kier alpha value is -3.06. The summed E-state index contributed by atoms with van der Waals surface area (Å²) in [6.07, 6.45) is 3.73. The van der Waals surface area contributed by atoms with Crippen molar-refractivity contribution in [3.63, 3.8) is 0 Å². The van der Waals surface area contributed by atoms with Crippen molar-refractivity contribution in [1.29, 1.82) is 0 Å². The zero-order valence-electron chi connectivity index (χ0n) is 16.9. The smallest absolute Gasteiger partial charge is 0.311 e. The molecule has 0 atom stereocenters. The van der Waals surface area contributed by atoms with Crippen LogP contribution in [0.2, 0.25) is 0 Å². The Morgan fingerprint density at radius 3 is 2.67 bits per heavy atom. The number of thioether (sulfide) groups is 1. The Balaban J connectivity index is 1.54. The lowest BCUT2D eigenvalue weighted by molar-refractivity contribution is -0.139. The van der Waals surface area contributed by atoms with Crippen molar-refractivity contribution in [3.05, 3.63) is 71.9 Å². The SMILES string of the molecule is COC(=O)CC1=CC(SCC(=O)NCCCc2ccccc2)=Nc2ccccc2N1. The number of hydrogen-bond acceptors (Lipinski definition) is 6. The number of aliphatic imine (C=N–C) groups is 1. The van der Waals surface area contributed by atoms with Gasteiger partial charge in [-0.3, -0.25) is 9.59 Å². The number of nitrogens with one attached hydrogen (secondary N) is 2. The second-order valence-corrected chi connectivity index (χ2v) is 7.74. The molecule has 0 saturated heterocycles. The molecule has 1 amide bonds. The molecule has 0 radical (unpaired) electrons. The number of carbonyl (C=O) groups is 2. The van der Waals surface area contributed by atoms with Crippen molar-refractivity contribution in [1.82, 2.24) is 5.32 Å². The van der Waals surface area contributed by atoms with Crippen molar-refractivity contribution < 1.29 is 14.3 Å². The molecule has 2 aromatic carbocycles. The Morgan fingerprint density at radius 1 is 1.10 bits per heavy atom. The number of fused-ring (bicyclic) bond motifs is 1. The highest BCUT2D eigenvalue weighted by Crippen LogP contribution is 2.30. The number of rotatable bonds is 8. The number of anilines is 1. The highest BCUT2D eigenvalue weighted by molar-refractivity contribution is 8.14. The van der Waals surface area contributed by atoms with Gasteiger partial charge in [-0.15, -0.1) is 0 Å². The molecule has 2 aromatic rings. The molecule has 0 aliphatic carbocycles. The van der Waals surface area contributed by atoms with Crippen LogP contribution in [0.15, 0.2) is 71.4 Å². The summed E-state index contributed by atoms with van der Waals surface area (Å²) < 4.78 is 4.77. The maximum absolute atomic E-state index is 12.2. The first-order chi connectivity index (χ1) is 14.6. The van der Waals surface area contributed by atoms with E-state index in [0.717, 1.165) is 24.2 Å². The van der Waals surface area contributed by atoms with Gasteiger partial charge >= 0.3 is 5.97 Å². The number of benzene rings is 2. The molecule has 0 aromatic heterocycles. The molecular weight excluding hydrogens is 398 g/mol. The highest BCUT2D eigenvalue weighted by Gasteiger charge is 2.15. The molecule has 0 spiro atoms. The van der Waals surface area contributed by atoms with Crippen LogP contribution in [0.5, 0.6) is 0 Å². The molecule has 1 aliphatic heterocycles. The first-order valence-corrected chi connectivity index (χ1v) is 10.8. The van der Waals surface area contributed by atoms with Crippen molar-refractivity contribution in [2.24, 2.45) is 4.99 Å². The number of nitrogens with zero attached hydrogens (tertiary/aromatic N) is 1. The Morgan fingerprint density at radius 2 is 1.87 bits per heavy atom. The van der Waals surface area contributed by atoms with Crippen LogP contribution in [0.4, 0.5) is 11.4 Å². The summed E-state index contributed by atoms with van der Waals surface area (Å²) >= 11 is 1.34. The van der Waals surface area contributed by atoms with E-state index in [1.54, 1.807) is 6.08 Å². The number of aryl methyl sites for hydroxylation is 1. The maximum Gasteiger partial charge on any atom is 0.311 e. The van der Waals surface area contributed by atoms with Crippen molar-refractivity contribution in [3.8, 4) is 0 Å². The molecule has 0 unspecified atom stereocenters. The van der Waals surface area contributed by atoms with Gasteiger partial charge in [-0.2, -0.15) is 0 Å². The number of hydrogen-bond donors (Lipinski definition) is 2. The molecule has 1 aliphatic rings. The Bertz CT molecular complexity index is 942. The second-order valence-electron chi connectivity index (χ2n) is 6.74. The minimum absolute atomic E-state index is 0.0378. The fourth-order valence-corrected chi connectivity index (χ4v) is 3.71. The quantitative estimate of drug-likeness (QED) is 0.494. The third-order valence-corrected chi connectivity index (χ3v) is 5.36. The van der Waals surface area contributed by atoms with Gasteiger partial charge in [-0.1, -0.05) is 54.2 Å². The largest absolute Gasteiger partial charge is 0.469 e. The van der Waals surface area contributed by atoms with Gasteiger partial charge in [-0.05, 0) is 36.6 Å². The Kier molecular flexibility index (Phi) is 8.09. The molecule has 7 heteroatoms. The van der Waals surface area contributed by atoms with Gasteiger partial charge in [0.15, 0.2) is 0 Å². The standard InChI is InChI=1S/C23H25N3O3S/c1-29-23(28)15-18-14-22(26-20-12-6-5-11-19(20)25-18)30-16-21(27)24-13-7-10-17-8-3-2-4-9-17/h2-6,8-9,11-12,14,25H,7,10,13,15-16H2,1H3,(H,24,27). The third-order valence-electron chi connectivity index (χ3n) is 4.45. The summed E-state index contributed by atoms with van der Waals surface area (Å²) in [6, 6.07) is 17.8. The van der Waals surface area contributed by atoms with Crippen LogP contribution in [0.25, 0.3) is 0 Å². The summed E-state index contributed by atoms with van der Waals surface area (Å²) in [5, 5.41) is 6.86. The molecule has 0 saturated carbocycles. The molecule has 30 heavy (non-hydrogen) atoms. The molecule has 3 rings (SSSR count). The zero-order valence-corrected chi connectivity index (χ0v) is 17.7. The van der Waals surface area contributed by atoms with E-state index in [0.29, 0.717) is 17.3 Å². The third kappa shape index (κ3) is 6.77. The van der Waals surface area contributed by atoms with Gasteiger partial charge in [0.1, 0.15) is 0 Å². The molecule has 2 N–H and O–H groups in total. The van der Waals surface area contributed by atoms with E-state index >= 15 is 0 Å². The van der Waals surface area contributed by atoms with Gasteiger partial charge in [0.2, 0.25) is 5.91 Å². The fraction of sp³-hybridized carbons (Fsp3) is 0.261. The minimum Gasteiger partial charge on any atom is -0.469 e. The van der Waals surface area contributed by atoms with Crippen LogP contribution in [0, 0.1) is 0 Å². The summed E-state index contributed by atoms with van der Waals surface area (Å²) in [6.45, 7) is 0.634. The lowest BCUT2D eigenvalue weighted by Gasteiger charge is -2.09. The van der Waals surface area contributed by atoms with E-state index in [-0.39, 0.29) is 24.1 Å². The van der Waals surface area contributed by atoms with Crippen LogP contribution in [0.3, 0.4) is 0 Å². The molecular formula is C23H25N3O3S. The van der Waals surface area contributed by atoms with Gasteiger partial charge in [0, 0.05) is 12.2 Å². The molecule has 156 valence electrons. The van der Waals surface area contributed by atoms with E-state index in [1.807, 2.05) is 42.5 Å². The van der Waals surface area contributed by atoms with E-state index in [9.17, 15) is 9.59 Å². The number of amides is 1. The van der Waals surface area contributed by atoms with Crippen LogP contribution < -0.4 is 10.6 Å². The van der Waals surface area contributed by atoms with Crippen molar-refractivity contribution in [2.75, 3.05) is 24.7 Å². The topological polar surface area (TPSA) is 79.8 Å². The van der Waals surface area contributed by atoms with Gasteiger partial charge in [0.05, 0.1) is 35.7 Å². The van der Waals surface area contributed by atoms with Gasteiger partial charge < -0.3 is 15.4 Å². The molecule has 1 heterocycles. The van der Waals surface area contributed by atoms with E-state index in [1.165, 1.54) is 24.4 Å². The minimum atomic E-state index is -0.339. The predicted molar refractivity (Wildman–Crippen MR) is 122 cm³/mol. The first-order valence-electron chi connectivity index (χ1n) is 9.79. The normalized spacial score (nSPS) is 12.6. The number of ether oxygens (including phenoxy) is 1. The monoisotopic (exact) mass is 423 g/mol. The summed E-state index contributed by atoms with van der Waals surface area (Å²) in [5.41, 5.74) is 3.53. The summed E-state index contributed by atoms with van der Waals surface area (Å²) in [5.74, 6) is -0.119. The number of esters is 1. The van der Waals surface area contributed by atoms with Gasteiger partial charge in [-0.25, -0.2) is 4.99 Å². The van der Waals surface area contributed by atoms with E-state index < -0.39 is 0 Å². The zero-order chi connectivity index (χ0) is 21.2. The van der Waals surface area contributed by atoms with E-state index in [2.05, 4.69) is 27.8 Å². The van der Waals surface area contributed by atoms with E-state index in [4.69, 9.17) is 4.74 Å².